The fourth-order valence-corrected chi connectivity index (χ4v) is 4.06. The van der Waals surface area contributed by atoms with E-state index in [1.807, 2.05) is 19.0 Å². The minimum Gasteiger partial charge on any atom is -0.462 e. The van der Waals surface area contributed by atoms with Gasteiger partial charge in [-0.15, -0.1) is 0 Å². The SMILES string of the molecule is CN(C)CCN1C(=O)C(S(=O)(=O)c2ccccc2)Oc2ccccc21. The number of anilines is 1. The van der Waals surface area contributed by atoms with E-state index >= 15 is 0 Å². The van der Waals surface area contributed by atoms with Crippen molar-refractivity contribution in [2.24, 2.45) is 0 Å². The van der Waals surface area contributed by atoms with Crippen molar-refractivity contribution in [3.05, 3.63) is 54.6 Å². The molecule has 1 heterocycles. The lowest BCUT2D eigenvalue weighted by atomic mass is 10.2. The maximum Gasteiger partial charge on any atom is 0.284 e. The van der Waals surface area contributed by atoms with Gasteiger partial charge in [-0.05, 0) is 38.4 Å². The molecule has 1 aliphatic heterocycles. The summed E-state index contributed by atoms with van der Waals surface area (Å²) in [6, 6.07) is 14.9. The molecular formula is C18H20N2O4S. The molecule has 0 N–H and O–H groups in total. The molecule has 25 heavy (non-hydrogen) atoms. The summed E-state index contributed by atoms with van der Waals surface area (Å²) >= 11 is 0. The van der Waals surface area contributed by atoms with E-state index in [1.165, 1.54) is 17.0 Å². The summed E-state index contributed by atoms with van der Waals surface area (Å²) < 4.78 is 31.4. The average molecular weight is 360 g/mol. The van der Waals surface area contributed by atoms with Gasteiger partial charge in [-0.1, -0.05) is 30.3 Å². The fraction of sp³-hybridized carbons (Fsp3) is 0.278. The molecule has 0 fully saturated rings. The van der Waals surface area contributed by atoms with Gasteiger partial charge in [0.2, 0.25) is 9.84 Å². The van der Waals surface area contributed by atoms with Crippen LogP contribution in [0.4, 0.5) is 5.69 Å². The van der Waals surface area contributed by atoms with Gasteiger partial charge in [0.25, 0.3) is 11.3 Å². The second-order valence-electron chi connectivity index (χ2n) is 6.07. The molecule has 0 saturated carbocycles. The molecule has 1 unspecified atom stereocenters. The lowest BCUT2D eigenvalue weighted by molar-refractivity contribution is -0.123. The van der Waals surface area contributed by atoms with Crippen LogP contribution in [0.3, 0.4) is 0 Å². The van der Waals surface area contributed by atoms with Gasteiger partial charge in [-0.2, -0.15) is 0 Å². The zero-order chi connectivity index (χ0) is 18.0. The van der Waals surface area contributed by atoms with Crippen LogP contribution in [0.1, 0.15) is 0 Å². The minimum atomic E-state index is -3.95. The van der Waals surface area contributed by atoms with E-state index in [1.54, 1.807) is 42.5 Å². The van der Waals surface area contributed by atoms with Crippen LogP contribution in [-0.4, -0.2) is 51.8 Å². The van der Waals surface area contributed by atoms with Crippen LogP contribution in [0.5, 0.6) is 5.75 Å². The normalized spacial score (nSPS) is 17.3. The molecule has 0 aliphatic carbocycles. The van der Waals surface area contributed by atoms with Gasteiger partial charge in [0, 0.05) is 13.1 Å². The standard InChI is InChI=1S/C18H20N2O4S/c1-19(2)12-13-20-15-10-6-7-11-16(15)24-18(17(20)21)25(22,23)14-8-4-3-5-9-14/h3-11,18H,12-13H2,1-2H3. The third-order valence-corrected chi connectivity index (χ3v) is 5.77. The van der Waals surface area contributed by atoms with Crippen molar-refractivity contribution in [1.82, 2.24) is 4.90 Å². The third-order valence-electron chi connectivity index (χ3n) is 3.98. The molecule has 0 bridgehead atoms. The Labute approximate surface area is 147 Å². The summed E-state index contributed by atoms with van der Waals surface area (Å²) in [6.07, 6.45) is 0. The Hall–Kier alpha value is -2.38. The summed E-state index contributed by atoms with van der Waals surface area (Å²) in [4.78, 5) is 16.4. The van der Waals surface area contributed by atoms with Gasteiger partial charge in [-0.3, -0.25) is 4.79 Å². The van der Waals surface area contributed by atoms with Gasteiger partial charge < -0.3 is 14.5 Å². The number of likely N-dealkylation sites (N-methyl/N-ethyl adjacent to an activating group) is 1. The second kappa shape index (κ2) is 6.85. The molecule has 1 aliphatic rings. The summed E-state index contributed by atoms with van der Waals surface area (Å²) in [5.41, 5.74) is -0.985. The number of fused-ring (bicyclic) bond motifs is 1. The molecule has 1 atom stereocenters. The van der Waals surface area contributed by atoms with E-state index in [-0.39, 0.29) is 4.90 Å². The van der Waals surface area contributed by atoms with Crippen molar-refractivity contribution >= 4 is 21.4 Å². The second-order valence-corrected chi connectivity index (χ2v) is 8.06. The van der Waals surface area contributed by atoms with Crippen LogP contribution < -0.4 is 9.64 Å². The van der Waals surface area contributed by atoms with Gasteiger partial charge >= 0.3 is 0 Å². The Bertz CT molecular complexity index is 866. The fourth-order valence-electron chi connectivity index (χ4n) is 2.65. The van der Waals surface area contributed by atoms with Crippen LogP contribution >= 0.6 is 0 Å². The quantitative estimate of drug-likeness (QED) is 0.813. The summed E-state index contributed by atoms with van der Waals surface area (Å²) in [5.74, 6) is -0.172. The van der Waals surface area contributed by atoms with E-state index < -0.39 is 21.2 Å². The number of sulfone groups is 1. The number of nitrogens with zero attached hydrogens (tertiary/aromatic N) is 2. The Balaban J connectivity index is 2.01. The maximum atomic E-state index is 12.9. The van der Waals surface area contributed by atoms with Gasteiger partial charge in [0.15, 0.2) is 0 Å². The van der Waals surface area contributed by atoms with Crippen molar-refractivity contribution in [2.45, 2.75) is 10.3 Å². The molecule has 132 valence electrons. The van der Waals surface area contributed by atoms with Crippen molar-refractivity contribution in [2.75, 3.05) is 32.1 Å². The zero-order valence-corrected chi connectivity index (χ0v) is 14.9. The predicted molar refractivity (Wildman–Crippen MR) is 95.4 cm³/mol. The molecule has 0 radical (unpaired) electrons. The highest BCUT2D eigenvalue weighted by atomic mass is 32.2. The monoisotopic (exact) mass is 360 g/mol. The van der Waals surface area contributed by atoms with Crippen molar-refractivity contribution in [3.8, 4) is 5.75 Å². The lowest BCUT2D eigenvalue weighted by Crippen LogP contribution is -2.51. The summed E-state index contributed by atoms with van der Waals surface area (Å²) in [7, 11) is -0.157. The van der Waals surface area contributed by atoms with Crippen LogP contribution in [-0.2, 0) is 14.6 Å². The number of hydrogen-bond acceptors (Lipinski definition) is 5. The smallest absolute Gasteiger partial charge is 0.284 e. The molecule has 0 saturated heterocycles. The Morgan fingerprint density at radius 1 is 1.04 bits per heavy atom. The summed E-state index contributed by atoms with van der Waals surface area (Å²) in [5, 5.41) is 0. The Morgan fingerprint density at radius 2 is 1.68 bits per heavy atom. The molecule has 0 aromatic heterocycles. The topological polar surface area (TPSA) is 66.9 Å². The predicted octanol–water partition coefficient (Wildman–Crippen LogP) is 1.77. The number of amides is 1. The van der Waals surface area contributed by atoms with Gasteiger partial charge in [0.1, 0.15) is 5.75 Å². The van der Waals surface area contributed by atoms with E-state index in [2.05, 4.69) is 0 Å². The van der Waals surface area contributed by atoms with Crippen molar-refractivity contribution in [1.29, 1.82) is 0 Å². The molecular weight excluding hydrogens is 340 g/mol. The first kappa shape index (κ1) is 17.4. The molecule has 2 aromatic rings. The zero-order valence-electron chi connectivity index (χ0n) is 14.1. The molecule has 6 nitrogen and oxygen atoms in total. The minimum absolute atomic E-state index is 0.0697. The maximum absolute atomic E-state index is 12.9. The lowest BCUT2D eigenvalue weighted by Gasteiger charge is -2.34. The third kappa shape index (κ3) is 3.38. The number of carbonyl (C=O) groups is 1. The van der Waals surface area contributed by atoms with Crippen LogP contribution in [0, 0.1) is 0 Å². The van der Waals surface area contributed by atoms with E-state index in [0.717, 1.165) is 0 Å². The van der Waals surface area contributed by atoms with E-state index in [4.69, 9.17) is 4.74 Å². The number of ether oxygens (including phenoxy) is 1. The molecule has 0 spiro atoms. The number of rotatable bonds is 5. The highest BCUT2D eigenvalue weighted by molar-refractivity contribution is 7.92. The van der Waals surface area contributed by atoms with Gasteiger partial charge in [-0.25, -0.2) is 8.42 Å². The van der Waals surface area contributed by atoms with Gasteiger partial charge in [0.05, 0.1) is 10.6 Å². The first-order chi connectivity index (χ1) is 11.9. The van der Waals surface area contributed by atoms with Crippen LogP contribution in [0.2, 0.25) is 0 Å². The van der Waals surface area contributed by atoms with Crippen LogP contribution in [0.15, 0.2) is 59.5 Å². The van der Waals surface area contributed by atoms with E-state index in [0.29, 0.717) is 24.5 Å². The van der Waals surface area contributed by atoms with Crippen molar-refractivity contribution < 1.29 is 17.9 Å². The molecule has 3 rings (SSSR count). The largest absolute Gasteiger partial charge is 0.462 e. The number of para-hydroxylation sites is 2. The summed E-state index contributed by atoms with van der Waals surface area (Å²) in [6.45, 7) is 0.991. The molecule has 2 aromatic carbocycles. The van der Waals surface area contributed by atoms with E-state index in [9.17, 15) is 13.2 Å². The highest BCUT2D eigenvalue weighted by Gasteiger charge is 2.43. The number of hydrogen-bond donors (Lipinski definition) is 0. The Kier molecular flexibility index (Phi) is 4.78. The molecule has 7 heteroatoms. The highest BCUT2D eigenvalue weighted by Crippen LogP contribution is 2.36. The number of carbonyl (C=O) groups excluding carboxylic acids is 1. The number of benzene rings is 2. The molecule has 1 amide bonds. The van der Waals surface area contributed by atoms with Crippen molar-refractivity contribution in [3.63, 3.8) is 0 Å². The average Bonchev–Trinajstić information content (AvgIpc) is 2.61. The Morgan fingerprint density at radius 3 is 2.36 bits per heavy atom. The van der Waals surface area contributed by atoms with Crippen LogP contribution in [0.25, 0.3) is 0 Å². The first-order valence-corrected chi connectivity index (χ1v) is 9.46. The first-order valence-electron chi connectivity index (χ1n) is 7.92.